The van der Waals surface area contributed by atoms with Crippen LogP contribution in [0.4, 0.5) is 0 Å². The minimum absolute atomic E-state index is 0.0611. The first-order valence-corrected chi connectivity index (χ1v) is 7.51. The highest BCUT2D eigenvalue weighted by Gasteiger charge is 2.22. The molecular weight excluding hydrogens is 256 g/mol. The fraction of sp³-hybridized carbons (Fsp3) is 0.750. The van der Waals surface area contributed by atoms with Crippen molar-refractivity contribution in [2.24, 2.45) is 0 Å². The molecule has 20 heavy (non-hydrogen) atoms. The van der Waals surface area contributed by atoms with Gasteiger partial charge < -0.3 is 9.84 Å². The van der Waals surface area contributed by atoms with Gasteiger partial charge in [-0.25, -0.2) is 4.79 Å². The van der Waals surface area contributed by atoms with E-state index in [2.05, 4.69) is 11.7 Å². The van der Waals surface area contributed by atoms with Crippen LogP contribution in [0.2, 0.25) is 0 Å². The van der Waals surface area contributed by atoms with Crippen LogP contribution in [0.15, 0.2) is 11.6 Å². The van der Waals surface area contributed by atoms with Gasteiger partial charge in [-0.3, -0.25) is 4.79 Å². The first kappa shape index (κ1) is 18.8. The molecule has 0 fully saturated rings. The van der Waals surface area contributed by atoms with Crippen LogP contribution in [0.5, 0.6) is 0 Å². The molecule has 1 atom stereocenters. The van der Waals surface area contributed by atoms with E-state index in [0.29, 0.717) is 6.42 Å². The van der Waals surface area contributed by atoms with Gasteiger partial charge >= 0.3 is 5.97 Å². The first-order valence-electron chi connectivity index (χ1n) is 7.51. The van der Waals surface area contributed by atoms with E-state index < -0.39 is 17.9 Å². The molecule has 0 saturated carbocycles. The molecule has 0 saturated heterocycles. The summed E-state index contributed by atoms with van der Waals surface area (Å²) in [7, 11) is 1.25. The van der Waals surface area contributed by atoms with Crippen molar-refractivity contribution in [3.63, 3.8) is 0 Å². The van der Waals surface area contributed by atoms with Gasteiger partial charge in [0.05, 0.1) is 12.7 Å². The molecule has 0 aliphatic carbocycles. The highest BCUT2D eigenvalue weighted by Crippen LogP contribution is 2.12. The normalized spacial score (nSPS) is 13.1. The molecule has 4 nitrogen and oxygen atoms in total. The van der Waals surface area contributed by atoms with Gasteiger partial charge in [0.25, 0.3) is 0 Å². The van der Waals surface area contributed by atoms with Gasteiger partial charge in [-0.05, 0) is 19.8 Å². The number of esters is 1. The van der Waals surface area contributed by atoms with Crippen molar-refractivity contribution >= 4 is 11.8 Å². The Labute approximate surface area is 122 Å². The molecule has 0 rings (SSSR count). The number of rotatable bonds is 11. The zero-order valence-corrected chi connectivity index (χ0v) is 13.0. The number of carbonyl (C=O) groups excluding carboxylic acids is 2. The van der Waals surface area contributed by atoms with E-state index in [0.717, 1.165) is 12.8 Å². The number of ketones is 1. The number of aliphatic hydroxyl groups excluding tert-OH is 1. The van der Waals surface area contributed by atoms with Gasteiger partial charge in [0.2, 0.25) is 0 Å². The van der Waals surface area contributed by atoms with Crippen LogP contribution in [0, 0.1) is 0 Å². The second-order valence-corrected chi connectivity index (χ2v) is 5.07. The molecule has 0 aromatic carbocycles. The third-order valence-corrected chi connectivity index (χ3v) is 3.27. The SMILES string of the molecule is CCCCCCCCCC=C(C(=O)OC)C(O)C(C)=O. The van der Waals surface area contributed by atoms with E-state index in [1.54, 1.807) is 6.08 Å². The molecule has 1 unspecified atom stereocenters. The van der Waals surface area contributed by atoms with E-state index in [1.807, 2.05) is 0 Å². The van der Waals surface area contributed by atoms with Gasteiger partial charge in [0, 0.05) is 0 Å². The highest BCUT2D eigenvalue weighted by molar-refractivity contribution is 5.98. The lowest BCUT2D eigenvalue weighted by Crippen LogP contribution is -2.25. The second-order valence-electron chi connectivity index (χ2n) is 5.07. The third kappa shape index (κ3) is 8.10. The van der Waals surface area contributed by atoms with Crippen LogP contribution in [0.1, 0.15) is 65.2 Å². The molecule has 116 valence electrons. The highest BCUT2D eigenvalue weighted by atomic mass is 16.5. The van der Waals surface area contributed by atoms with Crippen LogP contribution < -0.4 is 0 Å². The zero-order chi connectivity index (χ0) is 15.4. The van der Waals surface area contributed by atoms with Crippen molar-refractivity contribution in [1.29, 1.82) is 0 Å². The predicted molar refractivity (Wildman–Crippen MR) is 79.4 cm³/mol. The number of ether oxygens (including phenoxy) is 1. The van der Waals surface area contributed by atoms with Gasteiger partial charge in [0.1, 0.15) is 6.10 Å². The summed E-state index contributed by atoms with van der Waals surface area (Å²) in [5.74, 6) is -1.07. The summed E-state index contributed by atoms with van der Waals surface area (Å²) in [6, 6.07) is 0. The fourth-order valence-electron chi connectivity index (χ4n) is 2.00. The van der Waals surface area contributed by atoms with Crippen molar-refractivity contribution in [3.8, 4) is 0 Å². The van der Waals surface area contributed by atoms with Crippen LogP contribution in [-0.2, 0) is 14.3 Å². The monoisotopic (exact) mass is 284 g/mol. The number of allylic oxidation sites excluding steroid dienone is 1. The molecule has 0 spiro atoms. The Balaban J connectivity index is 4.09. The van der Waals surface area contributed by atoms with Crippen LogP contribution in [0.3, 0.4) is 0 Å². The van der Waals surface area contributed by atoms with Crippen LogP contribution in [0.25, 0.3) is 0 Å². The summed E-state index contributed by atoms with van der Waals surface area (Å²) in [4.78, 5) is 22.6. The topological polar surface area (TPSA) is 63.6 Å². The Morgan fingerprint density at radius 3 is 2.15 bits per heavy atom. The lowest BCUT2D eigenvalue weighted by atomic mass is 10.0. The van der Waals surface area contributed by atoms with Gasteiger partial charge in [-0.2, -0.15) is 0 Å². The number of Topliss-reactive ketones (excluding diaryl/α,β-unsaturated/α-hetero) is 1. The number of hydrogen-bond acceptors (Lipinski definition) is 4. The zero-order valence-electron chi connectivity index (χ0n) is 13.0. The lowest BCUT2D eigenvalue weighted by molar-refractivity contribution is -0.139. The molecule has 0 radical (unpaired) electrons. The summed E-state index contributed by atoms with van der Waals surface area (Å²) in [6.45, 7) is 3.45. The predicted octanol–water partition coefficient (Wildman–Crippen LogP) is 3.18. The van der Waals surface area contributed by atoms with Gasteiger partial charge in [-0.1, -0.05) is 51.5 Å². The van der Waals surface area contributed by atoms with E-state index >= 15 is 0 Å². The van der Waals surface area contributed by atoms with E-state index in [4.69, 9.17) is 0 Å². The Morgan fingerprint density at radius 1 is 1.10 bits per heavy atom. The summed E-state index contributed by atoms with van der Waals surface area (Å²) < 4.78 is 4.59. The maximum absolute atomic E-state index is 11.5. The van der Waals surface area contributed by atoms with E-state index in [9.17, 15) is 14.7 Å². The molecule has 0 amide bonds. The van der Waals surface area contributed by atoms with Crippen molar-refractivity contribution in [2.45, 2.75) is 71.3 Å². The average Bonchev–Trinajstić information content (AvgIpc) is 2.44. The molecular formula is C16H28O4. The lowest BCUT2D eigenvalue weighted by Gasteiger charge is -2.10. The Bertz CT molecular complexity index is 320. The quantitative estimate of drug-likeness (QED) is 0.359. The number of hydrogen-bond donors (Lipinski definition) is 1. The molecule has 4 heteroatoms. The van der Waals surface area contributed by atoms with Crippen LogP contribution >= 0.6 is 0 Å². The molecule has 0 bridgehead atoms. The molecule has 0 aromatic heterocycles. The largest absolute Gasteiger partial charge is 0.466 e. The summed E-state index contributed by atoms with van der Waals surface area (Å²) in [5, 5.41) is 9.67. The average molecular weight is 284 g/mol. The Morgan fingerprint density at radius 2 is 1.65 bits per heavy atom. The Kier molecular flexibility index (Phi) is 11.0. The molecule has 0 aliphatic rings. The molecule has 0 heterocycles. The van der Waals surface area contributed by atoms with E-state index in [1.165, 1.54) is 46.1 Å². The maximum atomic E-state index is 11.5. The summed E-state index contributed by atoms with van der Waals surface area (Å²) in [5.41, 5.74) is 0.0611. The Hall–Kier alpha value is -1.16. The number of methoxy groups -OCH3 is 1. The number of carbonyl (C=O) groups is 2. The molecule has 1 N–H and O–H groups in total. The molecule has 0 aromatic rings. The first-order chi connectivity index (χ1) is 9.54. The second kappa shape index (κ2) is 11.6. The van der Waals surface area contributed by atoms with Crippen molar-refractivity contribution in [3.05, 3.63) is 11.6 Å². The van der Waals surface area contributed by atoms with Gasteiger partial charge in [-0.15, -0.1) is 0 Å². The maximum Gasteiger partial charge on any atom is 0.336 e. The van der Waals surface area contributed by atoms with Crippen molar-refractivity contribution in [1.82, 2.24) is 0 Å². The van der Waals surface area contributed by atoms with Gasteiger partial charge in [0.15, 0.2) is 5.78 Å². The third-order valence-electron chi connectivity index (χ3n) is 3.27. The fourth-order valence-corrected chi connectivity index (χ4v) is 2.00. The molecule has 0 aliphatic heterocycles. The number of aliphatic hydroxyl groups is 1. The minimum atomic E-state index is -1.37. The summed E-state index contributed by atoms with van der Waals surface area (Å²) >= 11 is 0. The van der Waals surface area contributed by atoms with Crippen LogP contribution in [-0.4, -0.2) is 30.1 Å². The van der Waals surface area contributed by atoms with E-state index in [-0.39, 0.29) is 5.57 Å². The number of unbranched alkanes of at least 4 members (excludes halogenated alkanes) is 7. The van der Waals surface area contributed by atoms with Crippen molar-refractivity contribution in [2.75, 3.05) is 7.11 Å². The summed E-state index contributed by atoms with van der Waals surface area (Å²) in [6.07, 6.45) is 9.25. The van der Waals surface area contributed by atoms with Crippen molar-refractivity contribution < 1.29 is 19.4 Å². The minimum Gasteiger partial charge on any atom is -0.466 e. The smallest absolute Gasteiger partial charge is 0.336 e. The standard InChI is InChI=1S/C16H28O4/c1-4-5-6-7-8-9-10-11-12-14(16(19)20-3)15(18)13(2)17/h12,15,18H,4-11H2,1-3H3.